The van der Waals surface area contributed by atoms with Crippen molar-refractivity contribution in [1.29, 1.82) is 0 Å². The number of aliphatic hydroxyl groups is 1. The number of aryl methyl sites for hydroxylation is 1. The molecule has 3 aromatic heterocycles. The number of amides is 1. The molecule has 1 aliphatic heterocycles. The molecule has 0 saturated carbocycles. The van der Waals surface area contributed by atoms with E-state index in [1.54, 1.807) is 46.9 Å². The minimum absolute atomic E-state index is 0.0281. The van der Waals surface area contributed by atoms with Gasteiger partial charge in [-0.15, -0.1) is 0 Å². The average Bonchev–Trinajstić information content (AvgIpc) is 3.03. The SMILES string of the molecule is COc1cccc(F)c1-c1nc2c(cc1F)c(N1C[C@@H](C)N(C(=O)OC(C)(C)C)C[C@@H]1CO)c([N+](=O)[O-])c(=O)n2-c1c(C)ccnc1C(C)C. The van der Waals surface area contributed by atoms with E-state index in [9.17, 15) is 24.8 Å². The van der Waals surface area contributed by atoms with Crippen molar-refractivity contribution < 1.29 is 33.1 Å². The summed E-state index contributed by atoms with van der Waals surface area (Å²) in [5.41, 5.74) is -2.98. The monoisotopic (exact) mass is 694 g/mol. The first-order valence-electron chi connectivity index (χ1n) is 16.1. The highest BCUT2D eigenvalue weighted by Gasteiger charge is 2.41. The lowest BCUT2D eigenvalue weighted by Gasteiger charge is -2.45. The van der Waals surface area contributed by atoms with Crippen LogP contribution in [0.3, 0.4) is 0 Å². The summed E-state index contributed by atoms with van der Waals surface area (Å²) >= 11 is 0. The minimum atomic E-state index is -1.10. The van der Waals surface area contributed by atoms with Crippen LogP contribution in [0.25, 0.3) is 28.0 Å². The van der Waals surface area contributed by atoms with Crippen LogP contribution in [-0.2, 0) is 4.74 Å². The molecular formula is C35H40F2N6O7. The number of rotatable bonds is 7. The fraction of sp³-hybridized carbons (Fsp3) is 0.429. The number of pyridine rings is 3. The zero-order valence-corrected chi connectivity index (χ0v) is 29.2. The molecule has 5 rings (SSSR count). The Bertz CT molecular complexity index is 2050. The van der Waals surface area contributed by atoms with E-state index in [1.165, 1.54) is 29.0 Å². The topological polar surface area (TPSA) is 153 Å². The van der Waals surface area contributed by atoms with E-state index in [4.69, 9.17) is 9.47 Å². The number of fused-ring (bicyclic) bond motifs is 1. The summed E-state index contributed by atoms with van der Waals surface area (Å²) in [6.07, 6.45) is 0.895. The van der Waals surface area contributed by atoms with E-state index in [2.05, 4.69) is 9.97 Å². The van der Waals surface area contributed by atoms with Crippen LogP contribution in [0.1, 0.15) is 58.7 Å². The van der Waals surface area contributed by atoms with Gasteiger partial charge in [0, 0.05) is 25.3 Å². The highest BCUT2D eigenvalue weighted by Crippen LogP contribution is 2.41. The molecule has 1 N–H and O–H groups in total. The number of anilines is 1. The first-order chi connectivity index (χ1) is 23.5. The van der Waals surface area contributed by atoms with E-state index in [-0.39, 0.29) is 52.7 Å². The molecule has 15 heteroatoms. The number of ether oxygens (including phenoxy) is 2. The second kappa shape index (κ2) is 13.6. The Morgan fingerprint density at radius 3 is 2.46 bits per heavy atom. The molecule has 0 radical (unpaired) electrons. The second-order valence-electron chi connectivity index (χ2n) is 13.6. The maximum absolute atomic E-state index is 16.4. The van der Waals surface area contributed by atoms with Crippen molar-refractivity contribution in [3.63, 3.8) is 0 Å². The molecule has 4 heterocycles. The number of hydrogen-bond acceptors (Lipinski definition) is 10. The second-order valence-corrected chi connectivity index (χ2v) is 13.6. The molecule has 1 aliphatic rings. The maximum Gasteiger partial charge on any atom is 0.410 e. The van der Waals surface area contributed by atoms with Crippen LogP contribution in [0.15, 0.2) is 41.3 Å². The van der Waals surface area contributed by atoms with Gasteiger partial charge in [0.2, 0.25) is 0 Å². The third-order valence-electron chi connectivity index (χ3n) is 8.56. The lowest BCUT2D eigenvalue weighted by molar-refractivity contribution is -0.385. The van der Waals surface area contributed by atoms with Gasteiger partial charge in [-0.2, -0.15) is 0 Å². The fourth-order valence-corrected chi connectivity index (χ4v) is 6.33. The first kappa shape index (κ1) is 36.1. The molecule has 13 nitrogen and oxygen atoms in total. The van der Waals surface area contributed by atoms with Gasteiger partial charge in [0.25, 0.3) is 0 Å². The number of aliphatic hydroxyl groups excluding tert-OH is 1. The van der Waals surface area contributed by atoms with Crippen molar-refractivity contribution in [2.45, 2.75) is 72.1 Å². The number of piperazine rings is 1. The molecule has 1 saturated heterocycles. The predicted octanol–water partition coefficient (Wildman–Crippen LogP) is 5.88. The molecule has 1 fully saturated rings. The molecule has 50 heavy (non-hydrogen) atoms. The Hall–Kier alpha value is -5.18. The van der Waals surface area contributed by atoms with E-state index < -0.39 is 63.9 Å². The summed E-state index contributed by atoms with van der Waals surface area (Å²) in [5.74, 6) is -2.19. The molecule has 1 amide bonds. The van der Waals surface area contributed by atoms with E-state index in [1.807, 2.05) is 13.8 Å². The van der Waals surface area contributed by atoms with Crippen molar-refractivity contribution in [3.8, 4) is 22.7 Å². The summed E-state index contributed by atoms with van der Waals surface area (Å²) < 4.78 is 43.7. The molecule has 0 aliphatic carbocycles. The molecule has 0 spiro atoms. The van der Waals surface area contributed by atoms with Crippen LogP contribution in [0.5, 0.6) is 5.75 Å². The number of nitro groups is 1. The largest absolute Gasteiger partial charge is 0.496 e. The molecule has 0 unspecified atom stereocenters. The highest BCUT2D eigenvalue weighted by atomic mass is 19.1. The van der Waals surface area contributed by atoms with Crippen LogP contribution in [-0.4, -0.2) is 80.0 Å². The van der Waals surface area contributed by atoms with Crippen LogP contribution >= 0.6 is 0 Å². The Labute approximate surface area is 287 Å². The molecule has 2 atom stereocenters. The zero-order valence-electron chi connectivity index (χ0n) is 29.2. The Kier molecular flexibility index (Phi) is 9.83. The van der Waals surface area contributed by atoms with Gasteiger partial charge < -0.3 is 24.4 Å². The predicted molar refractivity (Wildman–Crippen MR) is 183 cm³/mol. The minimum Gasteiger partial charge on any atom is -0.496 e. The van der Waals surface area contributed by atoms with Gasteiger partial charge >= 0.3 is 17.3 Å². The summed E-state index contributed by atoms with van der Waals surface area (Å²) in [6.45, 7) is 11.4. The summed E-state index contributed by atoms with van der Waals surface area (Å²) in [7, 11) is 1.29. The van der Waals surface area contributed by atoms with E-state index in [0.29, 0.717) is 11.3 Å². The van der Waals surface area contributed by atoms with E-state index in [0.717, 1.165) is 16.7 Å². The Balaban J connectivity index is 1.90. The summed E-state index contributed by atoms with van der Waals surface area (Å²) in [4.78, 5) is 51.7. The van der Waals surface area contributed by atoms with Gasteiger partial charge in [0.05, 0.1) is 47.0 Å². The molecule has 1 aromatic carbocycles. The normalized spacial score (nSPS) is 16.6. The molecule has 0 bridgehead atoms. The number of carbonyl (C=O) groups is 1. The number of halogens is 2. The van der Waals surface area contributed by atoms with Crippen molar-refractivity contribution in [1.82, 2.24) is 19.4 Å². The summed E-state index contributed by atoms with van der Waals surface area (Å²) in [6, 6.07) is 4.92. The third-order valence-corrected chi connectivity index (χ3v) is 8.56. The van der Waals surface area contributed by atoms with E-state index >= 15 is 8.78 Å². The van der Waals surface area contributed by atoms with Gasteiger partial charge in [-0.25, -0.2) is 18.6 Å². The number of aromatic nitrogens is 3. The summed E-state index contributed by atoms with van der Waals surface area (Å²) in [5, 5.41) is 23.4. The van der Waals surface area contributed by atoms with Crippen LogP contribution < -0.4 is 15.2 Å². The number of benzene rings is 1. The molecular weight excluding hydrogens is 654 g/mol. The molecule has 266 valence electrons. The Morgan fingerprint density at radius 1 is 1.16 bits per heavy atom. The zero-order chi connectivity index (χ0) is 36.8. The van der Waals surface area contributed by atoms with Crippen molar-refractivity contribution in [3.05, 3.63) is 79.9 Å². The average molecular weight is 695 g/mol. The number of hydrogen-bond donors (Lipinski definition) is 1. The quantitative estimate of drug-likeness (QED) is 0.183. The number of methoxy groups -OCH3 is 1. The lowest BCUT2D eigenvalue weighted by atomic mass is 10.0. The maximum atomic E-state index is 16.4. The van der Waals surface area contributed by atoms with Crippen molar-refractivity contribution in [2.24, 2.45) is 0 Å². The Morgan fingerprint density at radius 2 is 1.86 bits per heavy atom. The number of carbonyl (C=O) groups excluding carboxylic acids is 1. The van der Waals surface area contributed by atoms with Crippen LogP contribution in [0.4, 0.5) is 25.0 Å². The van der Waals surface area contributed by atoms with Gasteiger partial charge in [-0.3, -0.25) is 24.5 Å². The van der Waals surface area contributed by atoms with Crippen molar-refractivity contribution >= 4 is 28.5 Å². The fourth-order valence-electron chi connectivity index (χ4n) is 6.33. The van der Waals surface area contributed by atoms with Crippen molar-refractivity contribution in [2.75, 3.05) is 31.7 Å². The smallest absolute Gasteiger partial charge is 0.410 e. The first-order valence-corrected chi connectivity index (χ1v) is 16.1. The van der Waals surface area contributed by atoms with Gasteiger partial charge in [-0.1, -0.05) is 19.9 Å². The van der Waals surface area contributed by atoms with Gasteiger partial charge in [0.1, 0.15) is 28.5 Å². The highest BCUT2D eigenvalue weighted by molar-refractivity contribution is 5.97. The third kappa shape index (κ3) is 6.44. The van der Waals surface area contributed by atoms with Gasteiger partial charge in [-0.05, 0) is 70.4 Å². The van der Waals surface area contributed by atoms with Gasteiger partial charge in [0.15, 0.2) is 11.5 Å². The molecule has 4 aromatic rings. The lowest BCUT2D eigenvalue weighted by Crippen LogP contribution is -2.61. The standard InChI is InChI=1S/C35H40F2N6O7/c1-18(2)27-29(19(3)12-13-38-27)42-32-22(14-24(37)28(39-32)26-23(36)10-9-11-25(26)49-8)30(31(33(42)45)43(47)48)41-15-20(4)40(16-21(41)17-44)34(46)50-35(5,6)7/h9-14,18,20-21,44H,15-17H2,1-8H3/t20-,21-/m1/s1. The van der Waals surface area contributed by atoms with Crippen LogP contribution in [0, 0.1) is 28.7 Å². The number of nitrogens with zero attached hydrogens (tertiary/aromatic N) is 6. The van der Waals surface area contributed by atoms with Crippen LogP contribution in [0.2, 0.25) is 0 Å².